The molecule has 1 amide bonds. The molecule has 8 heteroatoms. The lowest BCUT2D eigenvalue weighted by atomic mass is 9.99. The minimum Gasteiger partial charge on any atom is -0.431 e. The number of hydrogen-bond donors (Lipinski definition) is 0. The number of carbonyl (C=O) groups is 1. The average Bonchev–Trinajstić information content (AvgIpc) is 3.45. The third-order valence-corrected chi connectivity index (χ3v) is 7.39. The molecule has 0 aliphatic carbocycles. The smallest absolute Gasteiger partial charge is 0.256 e. The lowest BCUT2D eigenvalue weighted by Crippen LogP contribution is -2.40. The minimum absolute atomic E-state index is 0.0809. The highest BCUT2D eigenvalue weighted by molar-refractivity contribution is 7.99. The number of hydrogen-bond acceptors (Lipinski definition) is 6. The monoisotopic (exact) mass is 453 g/mol. The molecule has 0 N–H and O–H groups in total. The van der Waals surface area contributed by atoms with Gasteiger partial charge < -0.3 is 9.32 Å². The summed E-state index contributed by atoms with van der Waals surface area (Å²) in [6.45, 7) is 1.47. The second kappa shape index (κ2) is 8.80. The van der Waals surface area contributed by atoms with E-state index in [4.69, 9.17) is 9.40 Å². The van der Waals surface area contributed by atoms with Crippen molar-refractivity contribution >= 4 is 39.2 Å². The number of halogens is 1. The largest absolute Gasteiger partial charge is 0.431 e. The minimum atomic E-state index is -0.297. The van der Waals surface area contributed by atoms with Crippen LogP contribution in [0.2, 0.25) is 0 Å². The summed E-state index contributed by atoms with van der Waals surface area (Å²) in [7, 11) is 0. The Morgan fingerprint density at radius 1 is 1.23 bits per heavy atom. The van der Waals surface area contributed by atoms with Crippen LogP contribution in [0, 0.1) is 5.82 Å². The quantitative estimate of drug-likeness (QED) is 0.369. The van der Waals surface area contributed by atoms with Gasteiger partial charge in [0.2, 0.25) is 5.91 Å². The van der Waals surface area contributed by atoms with Crippen LogP contribution in [0.1, 0.15) is 23.8 Å². The van der Waals surface area contributed by atoms with Crippen molar-refractivity contribution in [2.24, 2.45) is 0 Å². The van der Waals surface area contributed by atoms with Crippen LogP contribution in [0.5, 0.6) is 0 Å². The van der Waals surface area contributed by atoms with E-state index in [1.807, 2.05) is 23.1 Å². The molecule has 1 unspecified atom stereocenters. The number of rotatable bonds is 5. The van der Waals surface area contributed by atoms with Gasteiger partial charge in [-0.05, 0) is 49.2 Å². The van der Waals surface area contributed by atoms with Crippen LogP contribution in [-0.4, -0.2) is 39.6 Å². The number of likely N-dealkylation sites (tertiary alicyclic amines) is 1. The normalized spacial score (nSPS) is 16.7. The van der Waals surface area contributed by atoms with Crippen molar-refractivity contribution in [3.63, 3.8) is 0 Å². The molecular formula is C23H20FN3O2S2. The van der Waals surface area contributed by atoms with E-state index in [9.17, 15) is 9.18 Å². The van der Waals surface area contributed by atoms with Gasteiger partial charge in [-0.25, -0.2) is 14.4 Å². The average molecular weight is 454 g/mol. The van der Waals surface area contributed by atoms with Crippen molar-refractivity contribution < 1.29 is 13.6 Å². The Labute approximate surface area is 187 Å². The van der Waals surface area contributed by atoms with Crippen molar-refractivity contribution in [1.29, 1.82) is 0 Å². The zero-order valence-electron chi connectivity index (χ0n) is 16.7. The van der Waals surface area contributed by atoms with Crippen LogP contribution >= 0.6 is 23.1 Å². The molecule has 1 fully saturated rings. The molecule has 0 spiro atoms. The van der Waals surface area contributed by atoms with Crippen LogP contribution in [0.3, 0.4) is 0 Å². The first kappa shape index (κ1) is 20.2. The molecule has 2 aromatic heterocycles. The number of thioether (sulfide) groups is 1. The fourth-order valence-corrected chi connectivity index (χ4v) is 5.56. The van der Waals surface area contributed by atoms with Crippen molar-refractivity contribution in [3.8, 4) is 11.3 Å². The predicted molar refractivity (Wildman–Crippen MR) is 121 cm³/mol. The molecule has 5 rings (SSSR count). The van der Waals surface area contributed by atoms with Crippen molar-refractivity contribution in [2.75, 3.05) is 18.8 Å². The maximum absolute atomic E-state index is 13.1. The van der Waals surface area contributed by atoms with Gasteiger partial charge in [-0.1, -0.05) is 23.9 Å². The maximum Gasteiger partial charge on any atom is 0.256 e. The number of para-hydroxylation sites is 1. The van der Waals surface area contributed by atoms with Gasteiger partial charge in [0.25, 0.3) is 5.22 Å². The van der Waals surface area contributed by atoms with Crippen molar-refractivity contribution in [2.45, 2.75) is 24.0 Å². The van der Waals surface area contributed by atoms with E-state index in [1.54, 1.807) is 29.7 Å². The van der Waals surface area contributed by atoms with Gasteiger partial charge in [-0.3, -0.25) is 4.79 Å². The molecule has 2 aromatic carbocycles. The van der Waals surface area contributed by atoms with E-state index in [2.05, 4.69) is 11.1 Å². The van der Waals surface area contributed by atoms with Crippen molar-refractivity contribution in [1.82, 2.24) is 14.9 Å². The Hall–Kier alpha value is -2.71. The molecule has 0 bridgehead atoms. The highest BCUT2D eigenvalue weighted by atomic mass is 32.2. The highest BCUT2D eigenvalue weighted by Gasteiger charge is 2.27. The summed E-state index contributed by atoms with van der Waals surface area (Å²) in [6, 6.07) is 14.2. The fourth-order valence-electron chi connectivity index (χ4n) is 3.76. The van der Waals surface area contributed by atoms with Gasteiger partial charge in [-0.15, -0.1) is 11.3 Å². The van der Waals surface area contributed by atoms with Crippen LogP contribution in [0.25, 0.3) is 21.5 Å². The summed E-state index contributed by atoms with van der Waals surface area (Å²) in [5.41, 5.74) is 1.78. The van der Waals surface area contributed by atoms with Gasteiger partial charge in [0.1, 0.15) is 5.82 Å². The molecule has 1 aliphatic rings. The Morgan fingerprint density at radius 3 is 2.90 bits per heavy atom. The summed E-state index contributed by atoms with van der Waals surface area (Å²) >= 11 is 3.01. The summed E-state index contributed by atoms with van der Waals surface area (Å²) in [4.78, 5) is 23.8. The predicted octanol–water partition coefficient (Wildman–Crippen LogP) is 5.59. The van der Waals surface area contributed by atoms with Crippen LogP contribution in [0.4, 0.5) is 4.39 Å². The Kier molecular flexibility index (Phi) is 5.74. The third kappa shape index (κ3) is 4.50. The van der Waals surface area contributed by atoms with Gasteiger partial charge >= 0.3 is 0 Å². The molecule has 1 atom stereocenters. The van der Waals surface area contributed by atoms with E-state index in [0.29, 0.717) is 17.5 Å². The van der Waals surface area contributed by atoms with E-state index in [-0.39, 0.29) is 23.4 Å². The molecular weight excluding hydrogens is 433 g/mol. The molecule has 5 nitrogen and oxygen atoms in total. The fraction of sp³-hybridized carbons (Fsp3) is 0.261. The van der Waals surface area contributed by atoms with Gasteiger partial charge in [0, 0.05) is 24.6 Å². The number of benzene rings is 2. The van der Waals surface area contributed by atoms with Gasteiger partial charge in [0.15, 0.2) is 5.76 Å². The summed E-state index contributed by atoms with van der Waals surface area (Å²) in [5, 5.41) is 1.55. The molecule has 1 saturated heterocycles. The first-order valence-electron chi connectivity index (χ1n) is 10.1. The number of carbonyl (C=O) groups excluding carboxylic acids is 1. The third-order valence-electron chi connectivity index (χ3n) is 5.37. The number of nitrogens with zero attached hydrogens (tertiary/aromatic N) is 3. The van der Waals surface area contributed by atoms with Gasteiger partial charge in [0.05, 0.1) is 27.2 Å². The lowest BCUT2D eigenvalue weighted by molar-refractivity contribution is -0.129. The second-order valence-electron chi connectivity index (χ2n) is 7.48. The van der Waals surface area contributed by atoms with Gasteiger partial charge in [-0.2, -0.15) is 0 Å². The Bertz CT molecular complexity index is 1170. The molecule has 158 valence electrons. The molecule has 31 heavy (non-hydrogen) atoms. The molecule has 3 heterocycles. The maximum atomic E-state index is 13.1. The zero-order chi connectivity index (χ0) is 21.2. The molecule has 0 radical (unpaired) electrons. The highest BCUT2D eigenvalue weighted by Crippen LogP contribution is 2.33. The lowest BCUT2D eigenvalue weighted by Gasteiger charge is -2.31. The second-order valence-corrected chi connectivity index (χ2v) is 9.47. The first-order valence-corrected chi connectivity index (χ1v) is 11.9. The van der Waals surface area contributed by atoms with Crippen LogP contribution in [0.15, 0.2) is 64.4 Å². The summed E-state index contributed by atoms with van der Waals surface area (Å²) in [6.07, 6.45) is 3.63. The number of aromatic nitrogens is 2. The Morgan fingerprint density at radius 2 is 2.06 bits per heavy atom. The topological polar surface area (TPSA) is 59.2 Å². The first-order chi connectivity index (χ1) is 15.2. The molecule has 1 aliphatic heterocycles. The number of fused-ring (bicyclic) bond motifs is 1. The van der Waals surface area contributed by atoms with E-state index in [1.165, 1.54) is 28.6 Å². The Balaban J connectivity index is 1.20. The molecule has 0 saturated carbocycles. The summed E-state index contributed by atoms with van der Waals surface area (Å²) in [5.74, 6) is 0.901. The van der Waals surface area contributed by atoms with E-state index < -0.39 is 0 Å². The zero-order valence-corrected chi connectivity index (χ0v) is 18.3. The van der Waals surface area contributed by atoms with Crippen LogP contribution < -0.4 is 0 Å². The number of oxazole rings is 1. The van der Waals surface area contributed by atoms with Crippen molar-refractivity contribution in [3.05, 3.63) is 65.6 Å². The number of piperidine rings is 1. The molecule has 4 aromatic rings. The number of amides is 1. The standard InChI is InChI=1S/C23H20FN3O2S2/c24-17-9-7-15(8-10-17)19-12-25-23(29-19)30-14-21(28)27-11-3-4-16(13-27)22-26-18-5-1-2-6-20(18)31-22/h1-2,5-10,12,16H,3-4,11,13-14H2. The number of thiazole rings is 1. The van der Waals surface area contributed by atoms with E-state index >= 15 is 0 Å². The van der Waals surface area contributed by atoms with Crippen LogP contribution in [-0.2, 0) is 4.79 Å². The van der Waals surface area contributed by atoms with E-state index in [0.717, 1.165) is 35.5 Å². The SMILES string of the molecule is O=C(CSc1ncc(-c2ccc(F)cc2)o1)N1CCCC(c2nc3ccccc3s2)C1. The summed E-state index contributed by atoms with van der Waals surface area (Å²) < 4.78 is 20.0.